The van der Waals surface area contributed by atoms with Gasteiger partial charge < -0.3 is 5.32 Å². The van der Waals surface area contributed by atoms with Crippen molar-refractivity contribution in [3.05, 3.63) is 32.7 Å². The van der Waals surface area contributed by atoms with E-state index in [1.807, 2.05) is 12.1 Å². The molecule has 1 fully saturated rings. The molecule has 0 spiro atoms. The second-order valence-electron chi connectivity index (χ2n) is 5.25. The second-order valence-corrected chi connectivity index (χ2v) is 7.71. The van der Waals surface area contributed by atoms with Crippen molar-refractivity contribution in [1.82, 2.24) is 25.2 Å². The van der Waals surface area contributed by atoms with Gasteiger partial charge in [0.15, 0.2) is 5.54 Å². The zero-order valence-electron chi connectivity index (χ0n) is 12.0. The molecule has 0 bridgehead atoms. The Bertz CT molecular complexity index is 742. The SMILES string of the molecule is Cn1cc(CCN2C(=O)NC(C)(c3ccc(Br)s3)C2=O)nn1. The van der Waals surface area contributed by atoms with Gasteiger partial charge in [-0.15, -0.1) is 16.4 Å². The second kappa shape index (κ2) is 5.47. The van der Waals surface area contributed by atoms with Crippen LogP contribution in [0.3, 0.4) is 0 Å². The summed E-state index contributed by atoms with van der Waals surface area (Å²) in [7, 11) is 1.77. The number of nitrogens with zero attached hydrogens (tertiary/aromatic N) is 4. The maximum Gasteiger partial charge on any atom is 0.325 e. The average molecular weight is 384 g/mol. The number of imide groups is 1. The Morgan fingerprint density at radius 1 is 1.41 bits per heavy atom. The van der Waals surface area contributed by atoms with Crippen LogP contribution in [-0.2, 0) is 23.8 Å². The summed E-state index contributed by atoms with van der Waals surface area (Å²) in [5.74, 6) is -0.240. The number of urea groups is 1. The highest BCUT2D eigenvalue weighted by molar-refractivity contribution is 9.11. The van der Waals surface area contributed by atoms with Crippen LogP contribution in [0, 0.1) is 0 Å². The maximum absolute atomic E-state index is 12.7. The first kappa shape index (κ1) is 15.2. The lowest BCUT2D eigenvalue weighted by Crippen LogP contribution is -2.40. The molecule has 3 heterocycles. The van der Waals surface area contributed by atoms with Crippen LogP contribution in [-0.4, -0.2) is 38.4 Å². The fraction of sp³-hybridized carbons (Fsp3) is 0.385. The predicted octanol–water partition coefficient (Wildman–Crippen LogP) is 1.65. The third-order valence-corrected chi connectivity index (χ3v) is 5.43. The molecule has 1 saturated heterocycles. The van der Waals surface area contributed by atoms with E-state index in [-0.39, 0.29) is 18.5 Å². The number of amides is 3. The van der Waals surface area contributed by atoms with Crippen molar-refractivity contribution in [1.29, 1.82) is 0 Å². The number of rotatable bonds is 4. The molecule has 3 amide bonds. The molecule has 7 nitrogen and oxygen atoms in total. The molecule has 3 rings (SSSR count). The molecule has 2 aromatic heterocycles. The van der Waals surface area contributed by atoms with E-state index in [0.717, 1.165) is 14.4 Å². The molecule has 0 aromatic carbocycles. The van der Waals surface area contributed by atoms with E-state index in [1.54, 1.807) is 24.9 Å². The molecular formula is C13H14BrN5O2S. The van der Waals surface area contributed by atoms with Gasteiger partial charge >= 0.3 is 6.03 Å². The first-order valence-electron chi connectivity index (χ1n) is 6.65. The zero-order valence-corrected chi connectivity index (χ0v) is 14.4. The predicted molar refractivity (Wildman–Crippen MR) is 84.3 cm³/mol. The monoisotopic (exact) mass is 383 g/mol. The minimum Gasteiger partial charge on any atom is -0.319 e. The van der Waals surface area contributed by atoms with Crippen LogP contribution < -0.4 is 5.32 Å². The number of aromatic nitrogens is 3. The number of hydrogen-bond donors (Lipinski definition) is 1. The molecule has 0 saturated carbocycles. The van der Waals surface area contributed by atoms with Crippen molar-refractivity contribution in [2.45, 2.75) is 18.9 Å². The van der Waals surface area contributed by atoms with Crippen molar-refractivity contribution in [3.63, 3.8) is 0 Å². The highest BCUT2D eigenvalue weighted by atomic mass is 79.9. The van der Waals surface area contributed by atoms with Gasteiger partial charge in [0.05, 0.1) is 9.48 Å². The first-order valence-corrected chi connectivity index (χ1v) is 8.26. The van der Waals surface area contributed by atoms with Crippen LogP contribution in [0.1, 0.15) is 17.5 Å². The van der Waals surface area contributed by atoms with Gasteiger partial charge in [-0.05, 0) is 35.0 Å². The van der Waals surface area contributed by atoms with Crippen LogP contribution in [0.15, 0.2) is 22.1 Å². The van der Waals surface area contributed by atoms with Gasteiger partial charge in [0, 0.05) is 31.1 Å². The Hall–Kier alpha value is -1.74. The summed E-state index contributed by atoms with van der Waals surface area (Å²) >= 11 is 4.82. The van der Waals surface area contributed by atoms with Gasteiger partial charge in [-0.2, -0.15) is 0 Å². The van der Waals surface area contributed by atoms with E-state index < -0.39 is 5.54 Å². The highest BCUT2D eigenvalue weighted by Crippen LogP contribution is 2.35. The van der Waals surface area contributed by atoms with Gasteiger partial charge in [-0.25, -0.2) is 4.79 Å². The number of hydrogen-bond acceptors (Lipinski definition) is 5. The Labute approximate surface area is 139 Å². The fourth-order valence-corrected chi connectivity index (χ4v) is 3.87. The number of nitrogens with one attached hydrogen (secondary N) is 1. The zero-order chi connectivity index (χ0) is 15.9. The Kier molecular flexibility index (Phi) is 3.77. The van der Waals surface area contributed by atoms with Crippen LogP contribution in [0.4, 0.5) is 4.79 Å². The molecule has 1 unspecified atom stereocenters. The lowest BCUT2D eigenvalue weighted by Gasteiger charge is -2.19. The van der Waals surface area contributed by atoms with E-state index in [2.05, 4.69) is 31.6 Å². The maximum atomic E-state index is 12.7. The average Bonchev–Trinajstić information content (AvgIpc) is 3.11. The van der Waals surface area contributed by atoms with Gasteiger partial charge in [-0.1, -0.05) is 5.21 Å². The summed E-state index contributed by atoms with van der Waals surface area (Å²) in [5.41, 5.74) is -0.258. The highest BCUT2D eigenvalue weighted by Gasteiger charge is 2.49. The molecule has 1 N–H and O–H groups in total. The summed E-state index contributed by atoms with van der Waals surface area (Å²) in [4.78, 5) is 26.9. The molecule has 0 radical (unpaired) electrons. The van der Waals surface area contributed by atoms with E-state index in [4.69, 9.17) is 0 Å². The number of carbonyl (C=O) groups excluding carboxylic acids is 2. The lowest BCUT2D eigenvalue weighted by molar-refractivity contribution is -0.130. The summed E-state index contributed by atoms with van der Waals surface area (Å²) in [6, 6.07) is 3.34. The molecule has 9 heteroatoms. The molecular weight excluding hydrogens is 370 g/mol. The van der Waals surface area contributed by atoms with Gasteiger partial charge in [-0.3, -0.25) is 14.4 Å². The quantitative estimate of drug-likeness (QED) is 0.813. The molecule has 1 atom stereocenters. The molecule has 116 valence electrons. The van der Waals surface area contributed by atoms with Crippen molar-refractivity contribution >= 4 is 39.2 Å². The molecule has 1 aliphatic heterocycles. The molecule has 1 aliphatic rings. The number of carbonyl (C=O) groups is 2. The van der Waals surface area contributed by atoms with Gasteiger partial charge in [0.25, 0.3) is 5.91 Å². The van der Waals surface area contributed by atoms with Crippen LogP contribution in [0.2, 0.25) is 0 Å². The number of aryl methyl sites for hydroxylation is 1. The van der Waals surface area contributed by atoms with E-state index in [9.17, 15) is 9.59 Å². The molecule has 2 aromatic rings. The summed E-state index contributed by atoms with van der Waals surface area (Å²) in [5, 5.41) is 10.6. The standard InChI is InChI=1S/C13H14BrN5O2S/c1-13(9-3-4-10(14)22-9)11(20)19(12(21)15-13)6-5-8-7-18(2)17-16-8/h3-4,7H,5-6H2,1-2H3,(H,15,21). The largest absolute Gasteiger partial charge is 0.325 e. The van der Waals surface area contributed by atoms with Crippen LogP contribution >= 0.6 is 27.3 Å². The number of halogens is 1. The summed E-state index contributed by atoms with van der Waals surface area (Å²) in [6.07, 6.45) is 2.26. The van der Waals surface area contributed by atoms with Crippen molar-refractivity contribution < 1.29 is 9.59 Å². The van der Waals surface area contributed by atoms with Crippen LogP contribution in [0.25, 0.3) is 0 Å². The summed E-state index contributed by atoms with van der Waals surface area (Å²) < 4.78 is 2.51. The smallest absolute Gasteiger partial charge is 0.319 e. The fourth-order valence-electron chi connectivity index (χ4n) is 2.39. The Morgan fingerprint density at radius 3 is 2.77 bits per heavy atom. The van der Waals surface area contributed by atoms with E-state index in [1.165, 1.54) is 16.2 Å². The molecule has 0 aliphatic carbocycles. The topological polar surface area (TPSA) is 80.1 Å². The number of thiophene rings is 1. The minimum absolute atomic E-state index is 0.240. The normalized spacial score (nSPS) is 21.5. The summed E-state index contributed by atoms with van der Waals surface area (Å²) in [6.45, 7) is 2.01. The Balaban J connectivity index is 1.76. The van der Waals surface area contributed by atoms with Crippen molar-refractivity contribution in [3.8, 4) is 0 Å². The van der Waals surface area contributed by atoms with Crippen molar-refractivity contribution in [2.75, 3.05) is 6.54 Å². The van der Waals surface area contributed by atoms with Crippen LogP contribution in [0.5, 0.6) is 0 Å². The third-order valence-electron chi connectivity index (χ3n) is 3.58. The van der Waals surface area contributed by atoms with Gasteiger partial charge in [0.2, 0.25) is 0 Å². The van der Waals surface area contributed by atoms with Gasteiger partial charge in [0.1, 0.15) is 0 Å². The van der Waals surface area contributed by atoms with E-state index in [0.29, 0.717) is 6.42 Å². The Morgan fingerprint density at radius 2 is 2.18 bits per heavy atom. The molecule has 22 heavy (non-hydrogen) atoms. The lowest BCUT2D eigenvalue weighted by atomic mass is 10.0. The third kappa shape index (κ3) is 2.54. The first-order chi connectivity index (χ1) is 10.4. The van der Waals surface area contributed by atoms with Crippen molar-refractivity contribution in [2.24, 2.45) is 7.05 Å². The minimum atomic E-state index is -1.00. The van der Waals surface area contributed by atoms with E-state index >= 15 is 0 Å².